The molecule has 1 aliphatic rings. The first-order valence-electron chi connectivity index (χ1n) is 11.4. The first-order valence-corrected chi connectivity index (χ1v) is 14.3. The van der Waals surface area contributed by atoms with Crippen molar-refractivity contribution in [3.05, 3.63) is 100.0 Å². The Morgan fingerprint density at radius 1 is 0.684 bits per heavy atom. The third kappa shape index (κ3) is 5.27. The number of rotatable bonds is 6. The summed E-state index contributed by atoms with van der Waals surface area (Å²) in [6.07, 6.45) is 1.22. The van der Waals surface area contributed by atoms with E-state index in [1.165, 1.54) is 18.2 Å². The Morgan fingerprint density at radius 2 is 1.16 bits per heavy atom. The molecule has 0 fully saturated rings. The molecule has 1 aliphatic carbocycles. The molecule has 198 valence electrons. The van der Waals surface area contributed by atoms with Gasteiger partial charge in [0.25, 0.3) is 20.2 Å². The first kappa shape index (κ1) is 27.3. The van der Waals surface area contributed by atoms with Gasteiger partial charge in [0.2, 0.25) is 0 Å². The molecule has 0 radical (unpaired) electrons. The molecule has 11 heteroatoms. The van der Waals surface area contributed by atoms with Crippen LogP contribution in [0, 0.1) is 5.41 Å². The van der Waals surface area contributed by atoms with Gasteiger partial charge in [-0.05, 0) is 70.3 Å². The molecule has 3 N–H and O–H groups in total. The fraction of sp³-hybridized carbons (Fsp3) is 0.148. The molecule has 0 saturated heterocycles. The summed E-state index contributed by atoms with van der Waals surface area (Å²) < 4.78 is 67.8. The maximum Gasteiger partial charge on any atom is 0.296 e. The minimum atomic E-state index is -4.86. The Kier molecular flexibility index (Phi) is 7.06. The van der Waals surface area contributed by atoms with Crippen molar-refractivity contribution in [2.75, 3.05) is 38.0 Å². The van der Waals surface area contributed by atoms with Crippen LogP contribution < -0.4 is 9.80 Å². The van der Waals surface area contributed by atoms with Crippen LogP contribution in [0.1, 0.15) is 22.3 Å². The molecule has 0 aromatic heterocycles. The van der Waals surface area contributed by atoms with Crippen molar-refractivity contribution in [1.82, 2.24) is 0 Å². The van der Waals surface area contributed by atoms with Crippen LogP contribution in [0.5, 0.6) is 0 Å². The summed E-state index contributed by atoms with van der Waals surface area (Å²) in [7, 11) is -1.86. The number of hydrogen-bond acceptors (Lipinski definition) is 7. The van der Waals surface area contributed by atoms with Gasteiger partial charge in [-0.1, -0.05) is 30.3 Å². The zero-order chi connectivity index (χ0) is 28.0. The highest BCUT2D eigenvalue weighted by molar-refractivity contribution is 7.91. The predicted molar refractivity (Wildman–Crippen MR) is 150 cm³/mol. The molecule has 0 amide bonds. The third-order valence-corrected chi connectivity index (χ3v) is 7.99. The summed E-state index contributed by atoms with van der Waals surface area (Å²) >= 11 is 0. The largest absolute Gasteiger partial charge is 0.378 e. The number of hydrogen-bond donors (Lipinski definition) is 3. The standard InChI is InChI=1S/C27H27N3O6S2/c1-29(2)19-9-5-17(6-10-19)26(18-7-11-20(12-8-18)30(3)4)23-16-25(38(34,35)36)27(28)24-15-21(37(31,32)33)13-14-22(23)24/h5-16,28H,1-4H3,(H,31,32,33)(H,34,35,36). The van der Waals surface area contributed by atoms with E-state index in [0.29, 0.717) is 16.7 Å². The van der Waals surface area contributed by atoms with Crippen LogP contribution in [-0.2, 0) is 20.2 Å². The summed E-state index contributed by atoms with van der Waals surface area (Å²) in [5.41, 5.74) is 4.05. The highest BCUT2D eigenvalue weighted by Crippen LogP contribution is 2.40. The minimum absolute atomic E-state index is 0.0578. The van der Waals surface area contributed by atoms with Crippen LogP contribution in [0.4, 0.5) is 11.4 Å². The predicted octanol–water partition coefficient (Wildman–Crippen LogP) is 4.18. The van der Waals surface area contributed by atoms with Gasteiger partial charge in [0, 0.05) is 45.1 Å². The Morgan fingerprint density at radius 3 is 1.55 bits per heavy atom. The van der Waals surface area contributed by atoms with Crippen molar-refractivity contribution in [2.24, 2.45) is 0 Å². The molecule has 3 aromatic rings. The zero-order valence-electron chi connectivity index (χ0n) is 21.2. The highest BCUT2D eigenvalue weighted by Gasteiger charge is 2.31. The quantitative estimate of drug-likeness (QED) is 0.387. The lowest BCUT2D eigenvalue weighted by atomic mass is 9.83. The Balaban J connectivity index is 2.12. The number of fused-ring (bicyclic) bond motifs is 1. The van der Waals surface area contributed by atoms with Gasteiger partial charge in [0.15, 0.2) is 0 Å². The van der Waals surface area contributed by atoms with Gasteiger partial charge in [0.1, 0.15) is 4.91 Å². The average Bonchev–Trinajstić information content (AvgIpc) is 2.84. The average molecular weight is 554 g/mol. The van der Waals surface area contributed by atoms with Crippen molar-refractivity contribution < 1.29 is 25.9 Å². The monoisotopic (exact) mass is 553 g/mol. The number of benzene rings is 3. The lowest BCUT2D eigenvalue weighted by molar-refractivity contribution is 0.483. The van der Waals surface area contributed by atoms with Crippen LogP contribution in [0.15, 0.2) is 82.6 Å². The summed E-state index contributed by atoms with van der Waals surface area (Å²) in [5, 5.41) is 8.46. The number of nitrogens with zero attached hydrogens (tertiary/aromatic N) is 2. The normalized spacial score (nSPS) is 13.6. The van der Waals surface area contributed by atoms with E-state index in [0.717, 1.165) is 28.6 Å². The van der Waals surface area contributed by atoms with E-state index in [1.54, 1.807) is 0 Å². The lowest BCUT2D eigenvalue weighted by Crippen LogP contribution is -2.19. The number of allylic oxidation sites excluding steroid dienone is 3. The third-order valence-electron chi connectivity index (χ3n) is 6.26. The first-order chi connectivity index (χ1) is 17.7. The molecular weight excluding hydrogens is 526 g/mol. The van der Waals surface area contributed by atoms with E-state index in [9.17, 15) is 25.9 Å². The van der Waals surface area contributed by atoms with Crippen molar-refractivity contribution in [3.63, 3.8) is 0 Å². The summed E-state index contributed by atoms with van der Waals surface area (Å²) in [4.78, 5) is 2.70. The molecule has 0 aliphatic heterocycles. The van der Waals surface area contributed by atoms with Gasteiger partial charge in [-0.3, -0.25) is 14.5 Å². The Labute approximate surface area is 222 Å². The molecule has 9 nitrogen and oxygen atoms in total. The maximum atomic E-state index is 12.3. The van der Waals surface area contributed by atoms with E-state index in [4.69, 9.17) is 5.41 Å². The zero-order valence-corrected chi connectivity index (χ0v) is 22.8. The van der Waals surface area contributed by atoms with Gasteiger partial charge < -0.3 is 9.80 Å². The summed E-state index contributed by atoms with van der Waals surface area (Å²) in [5.74, 6) is 0. The van der Waals surface area contributed by atoms with E-state index in [2.05, 4.69) is 0 Å². The van der Waals surface area contributed by atoms with Crippen molar-refractivity contribution >= 4 is 48.5 Å². The molecule has 0 atom stereocenters. The van der Waals surface area contributed by atoms with Crippen LogP contribution in [0.3, 0.4) is 0 Å². The van der Waals surface area contributed by atoms with Crippen molar-refractivity contribution in [1.29, 1.82) is 5.41 Å². The van der Waals surface area contributed by atoms with Crippen LogP contribution in [-0.4, -0.2) is 59.8 Å². The second-order valence-electron chi connectivity index (χ2n) is 9.21. The molecule has 0 saturated carbocycles. The molecule has 38 heavy (non-hydrogen) atoms. The van der Waals surface area contributed by atoms with Gasteiger partial charge >= 0.3 is 0 Å². The second kappa shape index (κ2) is 9.84. The lowest BCUT2D eigenvalue weighted by Gasteiger charge is -2.24. The maximum absolute atomic E-state index is 12.3. The molecule has 0 spiro atoms. The van der Waals surface area contributed by atoms with Gasteiger partial charge in [-0.2, -0.15) is 16.8 Å². The van der Waals surface area contributed by atoms with E-state index in [-0.39, 0.29) is 5.56 Å². The minimum Gasteiger partial charge on any atom is -0.378 e. The SMILES string of the molecule is CN(C)c1ccc(C(=C2C=C(S(=O)(=O)O)C(=N)c3cc(S(=O)(=O)O)ccc32)c2ccc(N(C)C)cc2)cc1. The fourth-order valence-corrected chi connectivity index (χ4v) is 5.42. The molecular formula is C27H27N3O6S2. The molecule has 3 aromatic carbocycles. The van der Waals surface area contributed by atoms with Gasteiger partial charge in [-0.15, -0.1) is 0 Å². The van der Waals surface area contributed by atoms with Crippen molar-refractivity contribution in [3.8, 4) is 0 Å². The molecule has 4 rings (SSSR count). The molecule has 0 unspecified atom stereocenters. The van der Waals surface area contributed by atoms with Crippen molar-refractivity contribution in [2.45, 2.75) is 4.90 Å². The Bertz CT molecular complexity index is 1650. The van der Waals surface area contributed by atoms with Gasteiger partial charge in [0.05, 0.1) is 10.6 Å². The highest BCUT2D eigenvalue weighted by atomic mass is 32.2. The van der Waals surface area contributed by atoms with E-state index in [1.807, 2.05) is 86.5 Å². The van der Waals surface area contributed by atoms with Crippen LogP contribution in [0.2, 0.25) is 0 Å². The van der Waals surface area contributed by atoms with Gasteiger partial charge in [-0.25, -0.2) is 0 Å². The summed E-state index contributed by atoms with van der Waals surface area (Å²) in [6.45, 7) is 0. The van der Waals surface area contributed by atoms with E-state index < -0.39 is 35.7 Å². The molecule has 0 heterocycles. The number of nitrogens with one attached hydrogen (secondary N) is 1. The number of anilines is 2. The summed E-state index contributed by atoms with van der Waals surface area (Å²) in [6, 6.07) is 18.8. The smallest absolute Gasteiger partial charge is 0.296 e. The van der Waals surface area contributed by atoms with Crippen LogP contribution in [0.25, 0.3) is 11.1 Å². The topological polar surface area (TPSA) is 139 Å². The molecule has 0 bridgehead atoms. The van der Waals surface area contributed by atoms with Crippen LogP contribution >= 0.6 is 0 Å². The second-order valence-corrected chi connectivity index (χ2v) is 12.0. The fourth-order valence-electron chi connectivity index (χ4n) is 4.28. The van der Waals surface area contributed by atoms with E-state index >= 15 is 0 Å². The Hall–Kier alpha value is -3.77.